The van der Waals surface area contributed by atoms with E-state index in [2.05, 4.69) is 24.3 Å². The lowest BCUT2D eigenvalue weighted by Crippen LogP contribution is -2.39. The zero-order valence-corrected chi connectivity index (χ0v) is 21.9. The number of sulfonamides is 1. The summed E-state index contributed by atoms with van der Waals surface area (Å²) in [4.78, 5) is 16.3. The van der Waals surface area contributed by atoms with Gasteiger partial charge in [0.1, 0.15) is 0 Å². The zero-order chi connectivity index (χ0) is 24.8. The van der Waals surface area contributed by atoms with Crippen LogP contribution in [0.5, 0.6) is 0 Å². The number of hydrogen-bond acceptors (Lipinski definition) is 4. The number of rotatable bonds is 8. The van der Waals surface area contributed by atoms with Crippen molar-refractivity contribution in [2.45, 2.75) is 36.0 Å². The van der Waals surface area contributed by atoms with Crippen molar-refractivity contribution in [1.82, 2.24) is 4.90 Å². The molecule has 1 aliphatic rings. The first-order chi connectivity index (χ1) is 16.9. The van der Waals surface area contributed by atoms with Gasteiger partial charge in [0.2, 0.25) is 0 Å². The fourth-order valence-electron chi connectivity index (χ4n) is 4.61. The number of piperidine rings is 1. The summed E-state index contributed by atoms with van der Waals surface area (Å²) in [5.41, 5.74) is 2.50. The third kappa shape index (κ3) is 5.90. The van der Waals surface area contributed by atoms with Gasteiger partial charge >= 0.3 is 0 Å². The molecule has 184 valence electrons. The molecule has 0 saturated carbocycles. The molecule has 3 aromatic carbocycles. The molecule has 0 spiro atoms. The van der Waals surface area contributed by atoms with Gasteiger partial charge in [-0.15, -0.1) is 11.8 Å². The van der Waals surface area contributed by atoms with E-state index >= 15 is 0 Å². The average Bonchev–Trinajstić information content (AvgIpc) is 2.90. The highest BCUT2D eigenvalue weighted by molar-refractivity contribution is 7.98. The minimum atomic E-state index is -3.69. The van der Waals surface area contributed by atoms with Gasteiger partial charge < -0.3 is 4.90 Å². The lowest BCUT2D eigenvalue weighted by molar-refractivity contribution is 0.0690. The van der Waals surface area contributed by atoms with Crippen LogP contribution in [-0.2, 0) is 16.4 Å². The zero-order valence-electron chi connectivity index (χ0n) is 20.3. The summed E-state index contributed by atoms with van der Waals surface area (Å²) in [7, 11) is -3.69. The summed E-state index contributed by atoms with van der Waals surface area (Å²) >= 11 is 1.57. The Hall–Kier alpha value is -2.77. The fourth-order valence-corrected chi connectivity index (χ4v) is 6.49. The minimum absolute atomic E-state index is 0.00766. The summed E-state index contributed by atoms with van der Waals surface area (Å²) in [6.07, 6.45) is 5.00. The van der Waals surface area contributed by atoms with E-state index in [4.69, 9.17) is 0 Å². The molecule has 5 nitrogen and oxygen atoms in total. The Morgan fingerprint density at radius 2 is 1.57 bits per heavy atom. The summed E-state index contributed by atoms with van der Waals surface area (Å²) in [6.45, 7) is 3.61. The van der Waals surface area contributed by atoms with Crippen LogP contribution < -0.4 is 4.31 Å². The summed E-state index contributed by atoms with van der Waals surface area (Å²) < 4.78 is 27.8. The van der Waals surface area contributed by atoms with Crippen molar-refractivity contribution in [3.63, 3.8) is 0 Å². The molecule has 35 heavy (non-hydrogen) atoms. The van der Waals surface area contributed by atoms with Gasteiger partial charge in [0.05, 0.1) is 10.6 Å². The molecule has 0 radical (unpaired) electrons. The lowest BCUT2D eigenvalue weighted by atomic mass is 9.90. The number of hydrogen-bond donors (Lipinski definition) is 0. The molecule has 0 bridgehead atoms. The smallest absolute Gasteiger partial charge is 0.264 e. The van der Waals surface area contributed by atoms with Crippen LogP contribution in [0.15, 0.2) is 88.7 Å². The van der Waals surface area contributed by atoms with E-state index in [0.717, 1.165) is 37.2 Å². The molecule has 3 aromatic rings. The maximum Gasteiger partial charge on any atom is 0.264 e. The molecule has 0 atom stereocenters. The van der Waals surface area contributed by atoms with Crippen LogP contribution in [0, 0.1) is 5.92 Å². The van der Waals surface area contributed by atoms with Crippen molar-refractivity contribution in [3.8, 4) is 0 Å². The predicted molar refractivity (Wildman–Crippen MR) is 144 cm³/mol. The van der Waals surface area contributed by atoms with Gasteiger partial charge in [-0.2, -0.15) is 0 Å². The van der Waals surface area contributed by atoms with Crippen molar-refractivity contribution < 1.29 is 13.2 Å². The average molecular weight is 509 g/mol. The Bertz CT molecular complexity index is 1220. The van der Waals surface area contributed by atoms with Crippen LogP contribution in [0.4, 0.5) is 5.69 Å². The summed E-state index contributed by atoms with van der Waals surface area (Å²) in [6, 6.07) is 24.4. The highest BCUT2D eigenvalue weighted by Gasteiger charge is 2.26. The molecule has 1 saturated heterocycles. The van der Waals surface area contributed by atoms with Crippen molar-refractivity contribution in [2.24, 2.45) is 5.92 Å². The highest BCUT2D eigenvalue weighted by Crippen LogP contribution is 2.27. The normalized spacial score (nSPS) is 14.6. The first kappa shape index (κ1) is 25.3. The topological polar surface area (TPSA) is 57.7 Å². The number of likely N-dealkylation sites (tertiary alicyclic amines) is 1. The largest absolute Gasteiger partial charge is 0.339 e. The van der Waals surface area contributed by atoms with E-state index in [1.54, 1.807) is 48.2 Å². The van der Waals surface area contributed by atoms with E-state index in [9.17, 15) is 13.2 Å². The van der Waals surface area contributed by atoms with E-state index in [0.29, 0.717) is 23.7 Å². The molecular weight excluding hydrogens is 476 g/mol. The molecule has 7 heteroatoms. The number of carbonyl (C=O) groups is 1. The van der Waals surface area contributed by atoms with E-state index in [1.807, 2.05) is 36.3 Å². The number of anilines is 1. The van der Waals surface area contributed by atoms with E-state index in [1.165, 1.54) is 9.87 Å². The molecule has 4 rings (SSSR count). The summed E-state index contributed by atoms with van der Waals surface area (Å²) in [5, 5.41) is 0. The molecular formula is C28H32N2O3S2. The number of nitrogens with zero attached hydrogens (tertiary/aromatic N) is 2. The number of carbonyl (C=O) groups excluding carboxylic acids is 1. The van der Waals surface area contributed by atoms with Crippen LogP contribution in [-0.4, -0.2) is 45.1 Å². The van der Waals surface area contributed by atoms with Crippen LogP contribution in [0.1, 0.15) is 35.7 Å². The number of amides is 1. The van der Waals surface area contributed by atoms with Crippen LogP contribution in [0.25, 0.3) is 0 Å². The molecule has 1 amide bonds. The Kier molecular flexibility index (Phi) is 8.19. The predicted octanol–water partition coefficient (Wildman–Crippen LogP) is 5.72. The van der Waals surface area contributed by atoms with Gasteiger partial charge in [0.25, 0.3) is 15.9 Å². The van der Waals surface area contributed by atoms with Crippen molar-refractivity contribution >= 4 is 33.4 Å². The highest BCUT2D eigenvalue weighted by atomic mass is 32.2. The summed E-state index contributed by atoms with van der Waals surface area (Å²) in [5.74, 6) is 0.602. The molecule has 0 aromatic heterocycles. The Morgan fingerprint density at radius 1 is 0.943 bits per heavy atom. The van der Waals surface area contributed by atoms with Gasteiger partial charge in [-0.3, -0.25) is 9.10 Å². The molecule has 1 heterocycles. The first-order valence-electron chi connectivity index (χ1n) is 12.0. The van der Waals surface area contributed by atoms with E-state index in [-0.39, 0.29) is 10.8 Å². The second-order valence-corrected chi connectivity index (χ2v) is 11.6. The van der Waals surface area contributed by atoms with Gasteiger partial charge in [-0.05, 0) is 92.5 Å². The first-order valence-corrected chi connectivity index (χ1v) is 14.7. The van der Waals surface area contributed by atoms with Gasteiger partial charge in [0, 0.05) is 30.1 Å². The van der Waals surface area contributed by atoms with Gasteiger partial charge in [-0.1, -0.05) is 30.3 Å². The lowest BCUT2D eigenvalue weighted by Gasteiger charge is -2.32. The molecule has 1 aliphatic heterocycles. The molecule has 0 unspecified atom stereocenters. The Morgan fingerprint density at radius 3 is 2.14 bits per heavy atom. The van der Waals surface area contributed by atoms with E-state index < -0.39 is 10.0 Å². The molecule has 1 fully saturated rings. The quantitative estimate of drug-likeness (QED) is 0.365. The third-order valence-corrected chi connectivity index (χ3v) is 9.27. The van der Waals surface area contributed by atoms with Crippen molar-refractivity contribution in [3.05, 3.63) is 90.0 Å². The molecule has 0 aliphatic carbocycles. The SMILES string of the molecule is CCN(c1ccc(C(=O)N2CCC(Cc3ccccc3)CC2)cc1)S(=O)(=O)c1ccc(SC)cc1. The fraction of sp³-hybridized carbons (Fsp3) is 0.321. The second kappa shape index (κ2) is 11.3. The standard InChI is InChI=1S/C28H32N2O3S2/c1-3-30(35(32,33)27-15-13-26(34-2)14-16-27)25-11-9-24(10-12-25)28(31)29-19-17-23(18-20-29)21-22-7-5-4-6-8-22/h4-16,23H,3,17-21H2,1-2H3. The Balaban J connectivity index is 1.40. The number of benzene rings is 3. The van der Waals surface area contributed by atoms with Crippen molar-refractivity contribution in [2.75, 3.05) is 30.2 Å². The maximum atomic E-state index is 13.2. The minimum Gasteiger partial charge on any atom is -0.339 e. The van der Waals surface area contributed by atoms with Crippen LogP contribution >= 0.6 is 11.8 Å². The van der Waals surface area contributed by atoms with Gasteiger partial charge in [0.15, 0.2) is 0 Å². The monoisotopic (exact) mass is 508 g/mol. The Labute approximate surface area is 213 Å². The maximum absolute atomic E-state index is 13.2. The number of thioether (sulfide) groups is 1. The molecule has 0 N–H and O–H groups in total. The van der Waals surface area contributed by atoms with Crippen LogP contribution in [0.2, 0.25) is 0 Å². The third-order valence-electron chi connectivity index (χ3n) is 6.61. The second-order valence-electron chi connectivity index (χ2n) is 8.82. The van der Waals surface area contributed by atoms with Gasteiger partial charge in [-0.25, -0.2) is 8.42 Å². The van der Waals surface area contributed by atoms with Crippen LogP contribution in [0.3, 0.4) is 0 Å². The van der Waals surface area contributed by atoms with Crippen molar-refractivity contribution in [1.29, 1.82) is 0 Å².